The minimum absolute atomic E-state index is 0.0304. The summed E-state index contributed by atoms with van der Waals surface area (Å²) in [5.41, 5.74) is 1.72. The summed E-state index contributed by atoms with van der Waals surface area (Å²) >= 11 is 6.14. The van der Waals surface area contributed by atoms with Crippen molar-refractivity contribution in [3.8, 4) is 11.4 Å². The number of nitrogens with zero attached hydrogens (tertiary/aromatic N) is 4. The van der Waals surface area contributed by atoms with Crippen LogP contribution in [0.1, 0.15) is 0 Å². The SMILES string of the molecule is COc1cccc(NC(=O)CN2CCN(c3nccn3-c3cccc(Cl)c3)CC2)c1. The summed E-state index contributed by atoms with van der Waals surface area (Å²) in [6.07, 6.45) is 3.74. The van der Waals surface area contributed by atoms with Crippen LogP contribution in [0.2, 0.25) is 5.02 Å². The summed E-state index contributed by atoms with van der Waals surface area (Å²) in [4.78, 5) is 21.4. The summed E-state index contributed by atoms with van der Waals surface area (Å²) in [5.74, 6) is 1.58. The molecule has 7 nitrogen and oxygen atoms in total. The van der Waals surface area contributed by atoms with E-state index in [9.17, 15) is 4.79 Å². The lowest BCUT2D eigenvalue weighted by Crippen LogP contribution is -2.49. The third-order valence-electron chi connectivity index (χ3n) is 5.08. The second kappa shape index (κ2) is 9.19. The third-order valence-corrected chi connectivity index (χ3v) is 5.32. The number of hydrogen-bond acceptors (Lipinski definition) is 5. The van der Waals surface area contributed by atoms with E-state index in [1.54, 1.807) is 13.3 Å². The fraction of sp³-hybridized carbons (Fsp3) is 0.273. The Balaban J connectivity index is 1.33. The summed E-state index contributed by atoms with van der Waals surface area (Å²) in [5, 5.41) is 3.63. The molecule has 4 rings (SSSR count). The molecule has 1 aromatic heterocycles. The van der Waals surface area contributed by atoms with Crippen molar-refractivity contribution in [3.63, 3.8) is 0 Å². The molecule has 1 saturated heterocycles. The highest BCUT2D eigenvalue weighted by Crippen LogP contribution is 2.22. The number of nitrogens with one attached hydrogen (secondary N) is 1. The number of methoxy groups -OCH3 is 1. The van der Waals surface area contributed by atoms with Crippen LogP contribution in [0.15, 0.2) is 60.9 Å². The van der Waals surface area contributed by atoms with Gasteiger partial charge in [-0.3, -0.25) is 14.3 Å². The van der Waals surface area contributed by atoms with Crippen LogP contribution >= 0.6 is 11.6 Å². The first-order chi connectivity index (χ1) is 14.6. The fourth-order valence-electron chi connectivity index (χ4n) is 3.57. The van der Waals surface area contributed by atoms with Gasteiger partial charge in [-0.1, -0.05) is 23.7 Å². The van der Waals surface area contributed by atoms with E-state index in [1.807, 2.05) is 59.3 Å². The van der Waals surface area contributed by atoms with E-state index in [0.717, 1.165) is 49.3 Å². The molecule has 2 aromatic carbocycles. The van der Waals surface area contributed by atoms with Gasteiger partial charge in [-0.25, -0.2) is 4.98 Å². The molecule has 3 aromatic rings. The van der Waals surface area contributed by atoms with Crippen LogP contribution in [-0.4, -0.2) is 60.2 Å². The lowest BCUT2D eigenvalue weighted by molar-refractivity contribution is -0.117. The van der Waals surface area contributed by atoms with Crippen molar-refractivity contribution in [1.29, 1.82) is 0 Å². The van der Waals surface area contributed by atoms with Crippen LogP contribution in [-0.2, 0) is 4.79 Å². The molecule has 0 spiro atoms. The van der Waals surface area contributed by atoms with Crippen LogP contribution in [0, 0.1) is 0 Å². The molecule has 0 saturated carbocycles. The van der Waals surface area contributed by atoms with Gasteiger partial charge in [-0.2, -0.15) is 0 Å². The second-order valence-corrected chi connectivity index (χ2v) is 7.56. The Morgan fingerprint density at radius 1 is 1.13 bits per heavy atom. The topological polar surface area (TPSA) is 62.6 Å². The molecule has 2 heterocycles. The molecule has 1 aliphatic heterocycles. The number of carbonyl (C=O) groups is 1. The molecule has 1 amide bonds. The highest BCUT2D eigenvalue weighted by Gasteiger charge is 2.22. The van der Waals surface area contributed by atoms with E-state index in [4.69, 9.17) is 16.3 Å². The Labute approximate surface area is 180 Å². The van der Waals surface area contributed by atoms with Gasteiger partial charge in [0, 0.05) is 61.0 Å². The van der Waals surface area contributed by atoms with E-state index in [1.165, 1.54) is 0 Å². The number of imidazole rings is 1. The average Bonchev–Trinajstić information content (AvgIpc) is 3.24. The smallest absolute Gasteiger partial charge is 0.238 e. The zero-order chi connectivity index (χ0) is 20.9. The van der Waals surface area contributed by atoms with Crippen molar-refractivity contribution in [1.82, 2.24) is 14.5 Å². The zero-order valence-corrected chi connectivity index (χ0v) is 17.5. The van der Waals surface area contributed by atoms with Crippen LogP contribution in [0.4, 0.5) is 11.6 Å². The Morgan fingerprint density at radius 3 is 2.70 bits per heavy atom. The number of ether oxygens (including phenoxy) is 1. The predicted octanol–water partition coefficient (Wildman–Crippen LogP) is 3.30. The van der Waals surface area contributed by atoms with Gasteiger partial charge in [0.1, 0.15) is 5.75 Å². The molecule has 1 fully saturated rings. The van der Waals surface area contributed by atoms with Crippen LogP contribution in [0.25, 0.3) is 5.69 Å². The molecular formula is C22H24ClN5O2. The average molecular weight is 426 g/mol. The Morgan fingerprint density at radius 2 is 1.93 bits per heavy atom. The maximum absolute atomic E-state index is 12.4. The normalized spacial score (nSPS) is 14.5. The highest BCUT2D eigenvalue weighted by molar-refractivity contribution is 6.30. The van der Waals surface area contributed by atoms with Crippen LogP contribution < -0.4 is 15.0 Å². The van der Waals surface area contributed by atoms with Gasteiger partial charge in [0.2, 0.25) is 11.9 Å². The summed E-state index contributed by atoms with van der Waals surface area (Å²) in [7, 11) is 1.61. The molecule has 0 atom stereocenters. The minimum atomic E-state index is -0.0304. The molecule has 0 unspecified atom stereocenters. The third kappa shape index (κ3) is 4.75. The summed E-state index contributed by atoms with van der Waals surface area (Å²) in [6.45, 7) is 3.52. The number of piperazine rings is 1. The van der Waals surface area contributed by atoms with E-state index in [0.29, 0.717) is 11.6 Å². The Kier molecular flexibility index (Phi) is 6.21. The number of carbonyl (C=O) groups excluding carboxylic acids is 1. The highest BCUT2D eigenvalue weighted by atomic mass is 35.5. The van der Waals surface area contributed by atoms with Gasteiger partial charge in [0.15, 0.2) is 0 Å². The first kappa shape index (κ1) is 20.3. The van der Waals surface area contributed by atoms with Crippen LogP contribution in [0.5, 0.6) is 5.75 Å². The second-order valence-electron chi connectivity index (χ2n) is 7.12. The van der Waals surface area contributed by atoms with E-state index in [2.05, 4.69) is 20.1 Å². The number of anilines is 2. The molecule has 1 aliphatic rings. The van der Waals surface area contributed by atoms with Crippen molar-refractivity contribution in [2.24, 2.45) is 0 Å². The predicted molar refractivity (Wildman–Crippen MR) is 119 cm³/mol. The van der Waals surface area contributed by atoms with Crippen LogP contribution in [0.3, 0.4) is 0 Å². The van der Waals surface area contributed by atoms with Crippen molar-refractivity contribution < 1.29 is 9.53 Å². The van der Waals surface area contributed by atoms with Crippen molar-refractivity contribution in [2.75, 3.05) is 50.1 Å². The largest absolute Gasteiger partial charge is 0.497 e. The van der Waals surface area contributed by atoms with Gasteiger partial charge >= 0.3 is 0 Å². The molecule has 1 N–H and O–H groups in total. The Hall–Kier alpha value is -3.03. The fourth-order valence-corrected chi connectivity index (χ4v) is 3.75. The number of amides is 1. The summed E-state index contributed by atoms with van der Waals surface area (Å²) < 4.78 is 7.24. The first-order valence-electron chi connectivity index (χ1n) is 9.83. The van der Waals surface area contributed by atoms with Crippen molar-refractivity contribution in [3.05, 3.63) is 65.9 Å². The lowest BCUT2D eigenvalue weighted by atomic mass is 10.3. The molecule has 156 valence electrons. The number of halogens is 1. The Bertz CT molecular complexity index is 1010. The van der Waals surface area contributed by atoms with E-state index < -0.39 is 0 Å². The summed E-state index contributed by atoms with van der Waals surface area (Å²) in [6, 6.07) is 15.1. The van der Waals surface area contributed by atoms with Gasteiger partial charge in [0.05, 0.1) is 13.7 Å². The standard InChI is InChI=1S/C22H24ClN5O2/c1-30-20-7-3-5-18(15-20)25-21(29)16-26-10-12-27(13-11-26)22-24-8-9-28(22)19-6-2-4-17(23)14-19/h2-9,14-15H,10-13,16H2,1H3,(H,25,29). The maximum Gasteiger partial charge on any atom is 0.238 e. The molecule has 0 radical (unpaired) electrons. The van der Waals surface area contributed by atoms with Gasteiger partial charge in [-0.05, 0) is 30.3 Å². The van der Waals surface area contributed by atoms with E-state index >= 15 is 0 Å². The molecular weight excluding hydrogens is 402 g/mol. The van der Waals surface area contributed by atoms with Gasteiger partial charge in [0.25, 0.3) is 0 Å². The number of hydrogen-bond donors (Lipinski definition) is 1. The minimum Gasteiger partial charge on any atom is -0.497 e. The number of aromatic nitrogens is 2. The molecule has 0 aliphatic carbocycles. The van der Waals surface area contributed by atoms with Crippen molar-refractivity contribution >= 4 is 29.1 Å². The molecule has 0 bridgehead atoms. The lowest BCUT2D eigenvalue weighted by Gasteiger charge is -2.35. The van der Waals surface area contributed by atoms with Gasteiger partial charge in [-0.15, -0.1) is 0 Å². The molecule has 30 heavy (non-hydrogen) atoms. The van der Waals surface area contributed by atoms with E-state index in [-0.39, 0.29) is 5.91 Å². The number of rotatable bonds is 6. The first-order valence-corrected chi connectivity index (χ1v) is 10.2. The van der Waals surface area contributed by atoms with Crippen molar-refractivity contribution in [2.45, 2.75) is 0 Å². The van der Waals surface area contributed by atoms with Gasteiger partial charge < -0.3 is 15.0 Å². The quantitative estimate of drug-likeness (QED) is 0.656. The zero-order valence-electron chi connectivity index (χ0n) is 16.8. The molecule has 8 heteroatoms. The maximum atomic E-state index is 12.4. The number of benzene rings is 2. The monoisotopic (exact) mass is 425 g/mol.